The van der Waals surface area contributed by atoms with Gasteiger partial charge in [0.25, 0.3) is 5.91 Å². The van der Waals surface area contributed by atoms with E-state index in [-0.39, 0.29) is 5.91 Å². The van der Waals surface area contributed by atoms with Gasteiger partial charge in [0.05, 0.1) is 0 Å². The molecule has 0 aliphatic heterocycles. The number of aryl methyl sites for hydroxylation is 1. The van der Waals surface area contributed by atoms with Crippen LogP contribution in [-0.4, -0.2) is 20.9 Å². The topological polar surface area (TPSA) is 51.4 Å². The fraction of sp³-hybridized carbons (Fsp3) is 0.200. The fourth-order valence-electron chi connectivity index (χ4n) is 2.58. The van der Waals surface area contributed by atoms with Gasteiger partial charge in [-0.05, 0) is 30.2 Å². The van der Waals surface area contributed by atoms with Gasteiger partial charge < -0.3 is 4.57 Å². The van der Waals surface area contributed by atoms with E-state index >= 15 is 0 Å². The number of hydrogen-bond acceptors (Lipinski definition) is 3. The van der Waals surface area contributed by atoms with Crippen molar-refractivity contribution in [1.29, 1.82) is 0 Å². The number of amides is 1. The molecule has 26 heavy (non-hydrogen) atoms. The highest BCUT2D eigenvalue weighted by molar-refractivity contribution is 7.83. The Balaban J connectivity index is 1.84. The molecule has 3 rings (SSSR count). The first-order valence-corrected chi connectivity index (χ1v) is 10.8. The largest absolute Gasteiger partial charge is 0.319 e. The van der Waals surface area contributed by atoms with Crippen molar-refractivity contribution >= 4 is 28.0 Å². The van der Waals surface area contributed by atoms with Crippen molar-refractivity contribution in [3.05, 3.63) is 87.2 Å². The van der Waals surface area contributed by atoms with Crippen LogP contribution in [0.3, 0.4) is 0 Å². The second kappa shape index (κ2) is 8.38. The number of rotatable bonds is 5. The zero-order valence-electron chi connectivity index (χ0n) is 14.7. The summed E-state index contributed by atoms with van der Waals surface area (Å²) < 4.78 is 13.4. The van der Waals surface area contributed by atoms with E-state index in [0.717, 1.165) is 11.1 Å². The minimum Gasteiger partial charge on any atom is -0.319 e. The summed E-state index contributed by atoms with van der Waals surface area (Å²) in [5.74, 6) is 0.155. The molecule has 1 heterocycles. The molecule has 2 aromatic carbocycles. The number of hydrogen-bond donors (Lipinski definition) is 0. The zero-order valence-corrected chi connectivity index (χ0v) is 16.3. The van der Waals surface area contributed by atoms with Gasteiger partial charge in [0.1, 0.15) is 0 Å². The molecule has 0 bridgehead atoms. The third-order valence-electron chi connectivity index (χ3n) is 3.87. The molecular formula is C20H20N2O2S2. The molecule has 0 aliphatic carbocycles. The van der Waals surface area contributed by atoms with E-state index in [1.807, 2.05) is 22.2 Å². The highest BCUT2D eigenvalue weighted by atomic mass is 32.2. The van der Waals surface area contributed by atoms with Crippen LogP contribution in [0, 0.1) is 6.92 Å². The molecule has 134 valence electrons. The molecule has 1 atom stereocenters. The lowest BCUT2D eigenvalue weighted by Crippen LogP contribution is -2.17. The molecule has 0 N–H and O–H groups in total. The van der Waals surface area contributed by atoms with Gasteiger partial charge in [-0.25, -0.2) is 0 Å². The molecule has 0 unspecified atom stereocenters. The summed E-state index contributed by atoms with van der Waals surface area (Å²) in [6, 6.07) is 15.5. The molecule has 1 aromatic heterocycles. The molecule has 0 fully saturated rings. The molecule has 6 heteroatoms. The number of benzene rings is 2. The van der Waals surface area contributed by atoms with E-state index in [2.05, 4.69) is 36.2 Å². The number of nitrogens with zero attached hydrogens (tertiary/aromatic N) is 2. The van der Waals surface area contributed by atoms with Gasteiger partial charge in [-0.2, -0.15) is 4.99 Å². The zero-order chi connectivity index (χ0) is 18.5. The standard InChI is InChI=1S/C20H20N2O2S2/c1-15-6-8-16(9-7-15)13-22-10-11-25-20(22)21-19(23)18-5-3-4-17(12-18)14-26(2)24/h3-12H,13-14H2,1-2H3/t26-/m1/s1. The normalized spacial score (nSPS) is 12.9. The average molecular weight is 385 g/mol. The summed E-state index contributed by atoms with van der Waals surface area (Å²) in [5.41, 5.74) is 3.78. The van der Waals surface area contributed by atoms with E-state index in [1.165, 1.54) is 16.9 Å². The molecule has 4 nitrogen and oxygen atoms in total. The van der Waals surface area contributed by atoms with Crippen molar-refractivity contribution in [2.75, 3.05) is 6.26 Å². The van der Waals surface area contributed by atoms with Gasteiger partial charge in [0, 0.05) is 46.5 Å². The van der Waals surface area contributed by atoms with Crippen molar-refractivity contribution in [2.45, 2.75) is 19.2 Å². The van der Waals surface area contributed by atoms with Crippen molar-refractivity contribution in [2.24, 2.45) is 4.99 Å². The van der Waals surface area contributed by atoms with Gasteiger partial charge in [-0.15, -0.1) is 11.3 Å². The van der Waals surface area contributed by atoms with Crippen molar-refractivity contribution in [3.8, 4) is 0 Å². The van der Waals surface area contributed by atoms with Crippen LogP contribution < -0.4 is 4.80 Å². The van der Waals surface area contributed by atoms with E-state index < -0.39 is 10.8 Å². The summed E-state index contributed by atoms with van der Waals surface area (Å²) in [4.78, 5) is 17.5. The van der Waals surface area contributed by atoms with Crippen molar-refractivity contribution < 1.29 is 9.00 Å². The lowest BCUT2D eigenvalue weighted by atomic mass is 10.1. The van der Waals surface area contributed by atoms with Gasteiger partial charge in [-0.1, -0.05) is 42.0 Å². The lowest BCUT2D eigenvalue weighted by molar-refractivity contribution is 0.0997. The number of thiazole rings is 1. The second-order valence-electron chi connectivity index (χ2n) is 6.13. The van der Waals surface area contributed by atoms with Crippen molar-refractivity contribution in [3.63, 3.8) is 0 Å². The van der Waals surface area contributed by atoms with Crippen LogP contribution in [-0.2, 0) is 23.1 Å². The summed E-state index contributed by atoms with van der Waals surface area (Å²) in [7, 11) is -0.942. The smallest absolute Gasteiger partial charge is 0.279 e. The predicted octanol–water partition coefficient (Wildman–Crippen LogP) is 3.53. The first-order chi connectivity index (χ1) is 12.5. The average Bonchev–Trinajstić information content (AvgIpc) is 3.03. The molecule has 0 saturated heterocycles. The predicted molar refractivity (Wildman–Crippen MR) is 107 cm³/mol. The lowest BCUT2D eigenvalue weighted by Gasteiger charge is -2.04. The van der Waals surface area contributed by atoms with E-state index in [0.29, 0.717) is 22.7 Å². The van der Waals surface area contributed by atoms with Gasteiger partial charge in [0.2, 0.25) is 0 Å². The Kier molecular flexibility index (Phi) is 5.96. The summed E-state index contributed by atoms with van der Waals surface area (Å²) >= 11 is 1.44. The van der Waals surface area contributed by atoms with Crippen LogP contribution >= 0.6 is 11.3 Å². The Bertz CT molecular complexity index is 1000. The Morgan fingerprint density at radius 2 is 1.92 bits per heavy atom. The molecule has 3 aromatic rings. The minimum absolute atomic E-state index is 0.283. The Hall–Kier alpha value is -2.31. The molecule has 0 spiro atoms. The Morgan fingerprint density at radius 3 is 2.65 bits per heavy atom. The van der Waals surface area contributed by atoms with E-state index in [4.69, 9.17) is 0 Å². The number of carbonyl (C=O) groups excluding carboxylic acids is 1. The third kappa shape index (κ3) is 4.86. The van der Waals surface area contributed by atoms with Crippen LogP contribution in [0.15, 0.2) is 65.1 Å². The SMILES string of the molecule is Cc1ccc(Cn2ccsc2=NC(=O)c2cccc(C[S@@](C)=O)c2)cc1. The molecule has 0 aliphatic rings. The van der Waals surface area contributed by atoms with Gasteiger partial charge in [0.15, 0.2) is 4.80 Å². The van der Waals surface area contributed by atoms with Crippen LogP contribution in [0.1, 0.15) is 27.0 Å². The van der Waals surface area contributed by atoms with Gasteiger partial charge in [-0.3, -0.25) is 9.00 Å². The molecule has 0 saturated carbocycles. The van der Waals surface area contributed by atoms with Crippen molar-refractivity contribution in [1.82, 2.24) is 4.57 Å². The number of carbonyl (C=O) groups is 1. The minimum atomic E-state index is -0.942. The third-order valence-corrected chi connectivity index (χ3v) is 5.41. The van der Waals surface area contributed by atoms with Crippen LogP contribution in [0.25, 0.3) is 0 Å². The Morgan fingerprint density at radius 1 is 1.15 bits per heavy atom. The van der Waals surface area contributed by atoms with E-state index in [1.54, 1.807) is 24.5 Å². The maximum absolute atomic E-state index is 12.6. The fourth-order valence-corrected chi connectivity index (χ4v) is 3.95. The second-order valence-corrected chi connectivity index (χ2v) is 8.44. The highest BCUT2D eigenvalue weighted by Gasteiger charge is 2.07. The summed E-state index contributed by atoms with van der Waals surface area (Å²) in [6.07, 6.45) is 3.59. The first-order valence-electron chi connectivity index (χ1n) is 8.19. The monoisotopic (exact) mass is 384 g/mol. The molecule has 1 amide bonds. The van der Waals surface area contributed by atoms with Crippen LogP contribution in [0.2, 0.25) is 0 Å². The maximum Gasteiger partial charge on any atom is 0.279 e. The summed E-state index contributed by atoms with van der Waals surface area (Å²) in [6.45, 7) is 2.73. The Labute approximate surface area is 159 Å². The van der Waals surface area contributed by atoms with Crippen LogP contribution in [0.5, 0.6) is 0 Å². The molecular weight excluding hydrogens is 364 g/mol. The van der Waals surface area contributed by atoms with Gasteiger partial charge >= 0.3 is 0 Å². The highest BCUT2D eigenvalue weighted by Crippen LogP contribution is 2.09. The first kappa shape index (κ1) is 18.5. The summed E-state index contributed by atoms with van der Waals surface area (Å²) in [5, 5.41) is 1.93. The maximum atomic E-state index is 12.6. The molecule has 0 radical (unpaired) electrons. The van der Waals surface area contributed by atoms with Crippen LogP contribution in [0.4, 0.5) is 0 Å². The number of aromatic nitrogens is 1. The quantitative estimate of drug-likeness (QED) is 0.676. The van der Waals surface area contributed by atoms with E-state index in [9.17, 15) is 9.00 Å².